The van der Waals surface area contributed by atoms with Gasteiger partial charge >= 0.3 is 0 Å². The predicted molar refractivity (Wildman–Crippen MR) is 51.5 cm³/mol. The van der Waals surface area contributed by atoms with Crippen molar-refractivity contribution in [2.45, 2.75) is 13.3 Å². The molecule has 0 radical (unpaired) electrons. The normalized spacial score (nSPS) is 24.7. The van der Waals surface area contributed by atoms with E-state index in [9.17, 15) is 0 Å². The van der Waals surface area contributed by atoms with Gasteiger partial charge in [-0.25, -0.2) is 0 Å². The van der Waals surface area contributed by atoms with Crippen molar-refractivity contribution in [3.05, 3.63) is 0 Å². The van der Waals surface area contributed by atoms with Crippen molar-refractivity contribution in [3.63, 3.8) is 0 Å². The zero-order valence-electron chi connectivity index (χ0n) is 5.59. The highest BCUT2D eigenvalue weighted by Crippen LogP contribution is 2.45. The fraction of sp³-hybridized carbons (Fsp3) is 1.00. The van der Waals surface area contributed by atoms with Crippen LogP contribution in [-0.2, 0) is 0 Å². The van der Waals surface area contributed by atoms with Gasteiger partial charge in [0, 0.05) is 11.5 Å². The van der Waals surface area contributed by atoms with Crippen LogP contribution in [0.4, 0.5) is 0 Å². The van der Waals surface area contributed by atoms with Gasteiger partial charge in [0.15, 0.2) is 0 Å². The highest BCUT2D eigenvalue weighted by molar-refractivity contribution is 8.77. The first-order valence-corrected chi connectivity index (χ1v) is 6.30. The first-order valence-electron chi connectivity index (χ1n) is 3.18. The van der Waals surface area contributed by atoms with Gasteiger partial charge < -0.3 is 0 Å². The number of hydrogen-bond donors (Lipinski definition) is 1. The largest absolute Gasteiger partial charge is 0.179 e. The van der Waals surface area contributed by atoms with E-state index >= 15 is 0 Å². The summed E-state index contributed by atoms with van der Waals surface area (Å²) in [5.41, 5.74) is 0.568. The molecule has 1 aliphatic heterocycles. The van der Waals surface area contributed by atoms with E-state index in [1.807, 2.05) is 21.6 Å². The minimum atomic E-state index is 0.568. The van der Waals surface area contributed by atoms with Crippen molar-refractivity contribution in [2.24, 2.45) is 5.41 Å². The minimum absolute atomic E-state index is 0.568. The van der Waals surface area contributed by atoms with E-state index < -0.39 is 0 Å². The molecule has 0 nitrogen and oxygen atoms in total. The lowest BCUT2D eigenvalue weighted by atomic mass is 9.92. The number of hydrogen-bond acceptors (Lipinski definition) is 3. The maximum absolute atomic E-state index is 4.35. The first-order chi connectivity index (χ1) is 4.33. The van der Waals surface area contributed by atoms with Crippen molar-refractivity contribution in [2.75, 3.05) is 17.3 Å². The van der Waals surface area contributed by atoms with Gasteiger partial charge in [-0.05, 0) is 17.6 Å². The van der Waals surface area contributed by atoms with E-state index in [-0.39, 0.29) is 0 Å². The summed E-state index contributed by atoms with van der Waals surface area (Å²) in [5.74, 6) is 3.67. The number of rotatable bonds is 2. The molecule has 0 aromatic carbocycles. The summed E-state index contributed by atoms with van der Waals surface area (Å²) in [6.45, 7) is 2.27. The summed E-state index contributed by atoms with van der Waals surface area (Å²) in [4.78, 5) is 0. The molecule has 1 aliphatic rings. The monoisotopic (exact) mass is 180 g/mol. The summed E-state index contributed by atoms with van der Waals surface area (Å²) in [5, 5.41) is 0. The topological polar surface area (TPSA) is 0 Å². The van der Waals surface area contributed by atoms with Crippen molar-refractivity contribution >= 4 is 34.2 Å². The summed E-state index contributed by atoms with van der Waals surface area (Å²) < 4.78 is 0. The Morgan fingerprint density at radius 3 is 2.22 bits per heavy atom. The lowest BCUT2D eigenvalue weighted by molar-refractivity contribution is 0.435. The van der Waals surface area contributed by atoms with Gasteiger partial charge in [0.25, 0.3) is 0 Å². The Balaban J connectivity index is 2.45. The molecule has 0 amide bonds. The molecule has 0 bridgehead atoms. The molecule has 0 aromatic heterocycles. The van der Waals surface area contributed by atoms with Gasteiger partial charge in [0.1, 0.15) is 0 Å². The van der Waals surface area contributed by atoms with E-state index in [0.717, 1.165) is 5.75 Å². The van der Waals surface area contributed by atoms with E-state index in [1.165, 1.54) is 17.9 Å². The average molecular weight is 180 g/mol. The van der Waals surface area contributed by atoms with E-state index in [2.05, 4.69) is 19.6 Å². The molecule has 0 spiro atoms. The smallest absolute Gasteiger partial charge is 0.0110 e. The lowest BCUT2D eigenvalue weighted by Gasteiger charge is -2.22. The molecule has 0 aliphatic carbocycles. The average Bonchev–Trinajstić information content (AvgIpc) is 2.36. The van der Waals surface area contributed by atoms with Crippen LogP contribution in [0.1, 0.15) is 13.3 Å². The molecule has 0 N–H and O–H groups in total. The zero-order chi connectivity index (χ0) is 6.74. The SMILES string of the molecule is CCC1(CS)CSSC1. The summed E-state index contributed by atoms with van der Waals surface area (Å²) in [6.07, 6.45) is 1.29. The van der Waals surface area contributed by atoms with Gasteiger partial charge in [-0.2, -0.15) is 12.6 Å². The van der Waals surface area contributed by atoms with Crippen molar-refractivity contribution in [1.29, 1.82) is 0 Å². The second-order valence-electron chi connectivity index (χ2n) is 2.54. The summed E-state index contributed by atoms with van der Waals surface area (Å²) in [7, 11) is 4.00. The Bertz CT molecular complexity index is 80.3. The Hall–Kier alpha value is 1.05. The van der Waals surface area contributed by atoms with Crippen molar-refractivity contribution in [1.82, 2.24) is 0 Å². The van der Waals surface area contributed by atoms with Gasteiger partial charge in [-0.3, -0.25) is 0 Å². The van der Waals surface area contributed by atoms with Gasteiger partial charge in [-0.1, -0.05) is 28.5 Å². The maximum Gasteiger partial charge on any atom is 0.0110 e. The lowest BCUT2D eigenvalue weighted by Crippen LogP contribution is -2.23. The molecule has 1 rings (SSSR count). The quantitative estimate of drug-likeness (QED) is 0.512. The maximum atomic E-state index is 4.35. The predicted octanol–water partition coefficient (Wildman–Crippen LogP) is 2.71. The van der Waals surface area contributed by atoms with Crippen LogP contribution in [0.5, 0.6) is 0 Å². The van der Waals surface area contributed by atoms with E-state index in [4.69, 9.17) is 0 Å². The Morgan fingerprint density at radius 2 is 2.00 bits per heavy atom. The molecule has 9 heavy (non-hydrogen) atoms. The van der Waals surface area contributed by atoms with Gasteiger partial charge in [-0.15, -0.1) is 0 Å². The molecule has 0 aromatic rings. The Labute approximate surface area is 70.4 Å². The summed E-state index contributed by atoms with van der Waals surface area (Å²) >= 11 is 4.35. The molecule has 3 heteroatoms. The van der Waals surface area contributed by atoms with Crippen LogP contribution < -0.4 is 0 Å². The van der Waals surface area contributed by atoms with Crippen LogP contribution in [-0.4, -0.2) is 17.3 Å². The molecule has 0 atom stereocenters. The van der Waals surface area contributed by atoms with Crippen LogP contribution >= 0.6 is 34.2 Å². The van der Waals surface area contributed by atoms with Crippen molar-refractivity contribution in [3.8, 4) is 0 Å². The zero-order valence-corrected chi connectivity index (χ0v) is 8.12. The molecular formula is C6H12S3. The molecule has 54 valence electrons. The third kappa shape index (κ3) is 1.75. The fourth-order valence-corrected chi connectivity index (χ4v) is 5.14. The third-order valence-corrected chi connectivity index (χ3v) is 5.40. The Kier molecular flexibility index (Phi) is 3.12. The van der Waals surface area contributed by atoms with Crippen LogP contribution in [0.15, 0.2) is 0 Å². The first kappa shape index (κ1) is 8.15. The minimum Gasteiger partial charge on any atom is -0.179 e. The molecule has 0 saturated carbocycles. The number of thiol groups is 1. The van der Waals surface area contributed by atoms with Gasteiger partial charge in [0.05, 0.1) is 0 Å². The van der Waals surface area contributed by atoms with Gasteiger partial charge in [0.2, 0.25) is 0 Å². The molecule has 1 fully saturated rings. The van der Waals surface area contributed by atoms with Crippen LogP contribution in [0.3, 0.4) is 0 Å². The molecule has 1 heterocycles. The van der Waals surface area contributed by atoms with Crippen molar-refractivity contribution < 1.29 is 0 Å². The Morgan fingerprint density at radius 1 is 1.44 bits per heavy atom. The third-order valence-electron chi connectivity index (χ3n) is 1.90. The highest BCUT2D eigenvalue weighted by Gasteiger charge is 2.31. The molecule has 0 unspecified atom stereocenters. The second kappa shape index (κ2) is 3.44. The van der Waals surface area contributed by atoms with E-state index in [1.54, 1.807) is 0 Å². The standard InChI is InChI=1S/C6H12S3/c1-2-6(3-7)4-8-9-5-6/h7H,2-5H2,1H3. The summed E-state index contributed by atoms with van der Waals surface area (Å²) in [6, 6.07) is 0. The molecule has 1 saturated heterocycles. The van der Waals surface area contributed by atoms with Crippen LogP contribution in [0.25, 0.3) is 0 Å². The van der Waals surface area contributed by atoms with E-state index in [0.29, 0.717) is 5.41 Å². The van der Waals surface area contributed by atoms with Crippen LogP contribution in [0, 0.1) is 5.41 Å². The second-order valence-corrected chi connectivity index (χ2v) is 5.32. The highest BCUT2D eigenvalue weighted by atomic mass is 33.1. The van der Waals surface area contributed by atoms with Crippen LogP contribution in [0.2, 0.25) is 0 Å². The molecular weight excluding hydrogens is 168 g/mol. The fourth-order valence-electron chi connectivity index (χ4n) is 0.782.